The molecule has 0 saturated carbocycles. The maximum absolute atomic E-state index is 12.9. The molecule has 7 heteroatoms. The predicted molar refractivity (Wildman–Crippen MR) is 102 cm³/mol. The Hall–Kier alpha value is -2.38. The Labute approximate surface area is 159 Å². The number of hydrogen-bond donors (Lipinski definition) is 0. The van der Waals surface area contributed by atoms with Crippen LogP contribution in [0.15, 0.2) is 59.5 Å². The molecule has 2 heterocycles. The molecule has 0 bridgehead atoms. The van der Waals surface area contributed by atoms with E-state index in [0.29, 0.717) is 37.4 Å². The van der Waals surface area contributed by atoms with Crippen LogP contribution in [0.5, 0.6) is 5.75 Å². The van der Waals surface area contributed by atoms with E-state index >= 15 is 0 Å². The van der Waals surface area contributed by atoms with Gasteiger partial charge in [0.25, 0.3) is 0 Å². The lowest BCUT2D eigenvalue weighted by atomic mass is 9.86. The summed E-state index contributed by atoms with van der Waals surface area (Å²) in [6.45, 7) is 1.36. The summed E-state index contributed by atoms with van der Waals surface area (Å²) in [5.74, 6) is 0.778. The van der Waals surface area contributed by atoms with E-state index in [4.69, 9.17) is 4.74 Å². The number of carbonyl (C=O) groups is 1. The zero-order chi connectivity index (χ0) is 19.1. The van der Waals surface area contributed by atoms with Crippen LogP contribution in [0.3, 0.4) is 0 Å². The maximum atomic E-state index is 12.9. The van der Waals surface area contributed by atoms with Crippen LogP contribution in [-0.4, -0.2) is 45.4 Å². The molecule has 0 N–H and O–H groups in total. The molecular weight excluding hydrogens is 364 g/mol. The van der Waals surface area contributed by atoms with Crippen molar-refractivity contribution in [2.75, 3.05) is 31.6 Å². The molecule has 0 aliphatic carbocycles. The highest BCUT2D eigenvalue weighted by molar-refractivity contribution is 7.89. The molecule has 2 fully saturated rings. The lowest BCUT2D eigenvalue weighted by molar-refractivity contribution is -0.117. The van der Waals surface area contributed by atoms with Crippen molar-refractivity contribution in [3.05, 3.63) is 54.6 Å². The van der Waals surface area contributed by atoms with Gasteiger partial charge >= 0.3 is 0 Å². The molecule has 4 rings (SSSR count). The van der Waals surface area contributed by atoms with E-state index < -0.39 is 10.0 Å². The summed E-state index contributed by atoms with van der Waals surface area (Å²) >= 11 is 0. The fourth-order valence-electron chi connectivity index (χ4n) is 4.01. The SMILES string of the molecule is COc1ccc(N2CC3(CCN(S(=O)(=O)c4ccccc4)C3)CC2=O)cc1. The minimum atomic E-state index is -3.52. The summed E-state index contributed by atoms with van der Waals surface area (Å²) in [6, 6.07) is 15.9. The Kier molecular flexibility index (Phi) is 4.44. The zero-order valence-corrected chi connectivity index (χ0v) is 16.0. The van der Waals surface area contributed by atoms with Gasteiger partial charge in [0.05, 0.1) is 12.0 Å². The number of methoxy groups -OCH3 is 1. The van der Waals surface area contributed by atoms with Crippen molar-refractivity contribution in [1.29, 1.82) is 0 Å². The first-order valence-corrected chi connectivity index (χ1v) is 10.4. The first-order valence-electron chi connectivity index (χ1n) is 8.93. The third-order valence-electron chi connectivity index (χ3n) is 5.49. The molecule has 2 aromatic rings. The highest BCUT2D eigenvalue weighted by Crippen LogP contribution is 2.43. The first kappa shape index (κ1) is 18.0. The summed E-state index contributed by atoms with van der Waals surface area (Å²) < 4.78 is 32.5. The van der Waals surface area contributed by atoms with Gasteiger partial charge in [-0.15, -0.1) is 0 Å². The molecule has 2 aliphatic rings. The Morgan fingerprint density at radius 3 is 2.37 bits per heavy atom. The van der Waals surface area contributed by atoms with Crippen molar-refractivity contribution in [2.24, 2.45) is 5.41 Å². The van der Waals surface area contributed by atoms with Gasteiger partial charge in [-0.1, -0.05) is 18.2 Å². The van der Waals surface area contributed by atoms with Crippen molar-refractivity contribution >= 4 is 21.6 Å². The minimum Gasteiger partial charge on any atom is -0.497 e. The van der Waals surface area contributed by atoms with E-state index in [2.05, 4.69) is 0 Å². The molecule has 1 unspecified atom stereocenters. The van der Waals surface area contributed by atoms with Crippen molar-refractivity contribution in [1.82, 2.24) is 4.31 Å². The van der Waals surface area contributed by atoms with E-state index in [1.165, 1.54) is 4.31 Å². The number of anilines is 1. The molecule has 0 radical (unpaired) electrons. The standard InChI is InChI=1S/C20H22N2O4S/c1-26-17-9-7-16(8-10-17)22-15-20(13-19(22)23)11-12-21(14-20)27(24,25)18-5-3-2-4-6-18/h2-10H,11-15H2,1H3. The molecule has 1 amide bonds. The van der Waals surface area contributed by atoms with Crippen LogP contribution in [0.25, 0.3) is 0 Å². The van der Waals surface area contributed by atoms with Crippen molar-refractivity contribution in [2.45, 2.75) is 17.7 Å². The van der Waals surface area contributed by atoms with Crippen LogP contribution in [0, 0.1) is 5.41 Å². The highest BCUT2D eigenvalue weighted by Gasteiger charge is 2.50. The normalized spacial score (nSPS) is 23.3. The number of nitrogens with zero attached hydrogens (tertiary/aromatic N) is 2. The molecule has 1 spiro atoms. The van der Waals surface area contributed by atoms with Gasteiger partial charge in [0.15, 0.2) is 0 Å². The monoisotopic (exact) mass is 386 g/mol. The summed E-state index contributed by atoms with van der Waals surface area (Å²) in [4.78, 5) is 14.7. The summed E-state index contributed by atoms with van der Waals surface area (Å²) in [7, 11) is -1.92. The molecule has 142 valence electrons. The third-order valence-corrected chi connectivity index (χ3v) is 7.35. The second kappa shape index (κ2) is 6.65. The van der Waals surface area contributed by atoms with Crippen molar-refractivity contribution in [3.8, 4) is 5.75 Å². The van der Waals surface area contributed by atoms with Crippen LogP contribution in [0.1, 0.15) is 12.8 Å². The zero-order valence-electron chi connectivity index (χ0n) is 15.2. The lowest BCUT2D eigenvalue weighted by Crippen LogP contribution is -2.34. The first-order chi connectivity index (χ1) is 12.9. The summed E-state index contributed by atoms with van der Waals surface area (Å²) in [6.07, 6.45) is 1.07. The van der Waals surface area contributed by atoms with E-state index in [1.54, 1.807) is 42.3 Å². The molecule has 27 heavy (non-hydrogen) atoms. The summed E-state index contributed by atoms with van der Waals surface area (Å²) in [5, 5.41) is 0. The minimum absolute atomic E-state index is 0.0409. The molecule has 1 atom stereocenters. The van der Waals surface area contributed by atoms with E-state index in [0.717, 1.165) is 11.4 Å². The van der Waals surface area contributed by atoms with Crippen molar-refractivity contribution in [3.63, 3.8) is 0 Å². The average Bonchev–Trinajstić information content (AvgIpc) is 3.26. The number of hydrogen-bond acceptors (Lipinski definition) is 4. The van der Waals surface area contributed by atoms with Crippen LogP contribution in [0.4, 0.5) is 5.69 Å². The quantitative estimate of drug-likeness (QED) is 0.810. The van der Waals surface area contributed by atoms with E-state index in [-0.39, 0.29) is 11.3 Å². The van der Waals surface area contributed by atoms with Crippen LogP contribution >= 0.6 is 0 Å². The number of ether oxygens (including phenoxy) is 1. The number of benzene rings is 2. The number of amides is 1. The van der Waals surface area contributed by atoms with Crippen molar-refractivity contribution < 1.29 is 17.9 Å². The predicted octanol–water partition coefficient (Wildman–Crippen LogP) is 2.51. The molecule has 6 nitrogen and oxygen atoms in total. The van der Waals surface area contributed by atoms with Crippen LogP contribution < -0.4 is 9.64 Å². The average molecular weight is 386 g/mol. The van der Waals surface area contributed by atoms with Crippen LogP contribution in [0.2, 0.25) is 0 Å². The highest BCUT2D eigenvalue weighted by atomic mass is 32.2. The Morgan fingerprint density at radius 2 is 1.70 bits per heavy atom. The molecule has 2 saturated heterocycles. The van der Waals surface area contributed by atoms with Gasteiger partial charge in [-0.05, 0) is 42.8 Å². The molecule has 2 aliphatic heterocycles. The van der Waals surface area contributed by atoms with E-state index in [1.807, 2.05) is 24.3 Å². The number of sulfonamides is 1. The van der Waals surface area contributed by atoms with E-state index in [9.17, 15) is 13.2 Å². The molecular formula is C20H22N2O4S. The van der Waals surface area contributed by atoms with Gasteiger partial charge in [0.1, 0.15) is 5.75 Å². The lowest BCUT2D eigenvalue weighted by Gasteiger charge is -2.24. The fraction of sp³-hybridized carbons (Fsp3) is 0.350. The Morgan fingerprint density at radius 1 is 1.00 bits per heavy atom. The topological polar surface area (TPSA) is 66.9 Å². The smallest absolute Gasteiger partial charge is 0.243 e. The second-order valence-electron chi connectivity index (χ2n) is 7.26. The van der Waals surface area contributed by atoms with Gasteiger partial charge in [-0.25, -0.2) is 8.42 Å². The number of carbonyl (C=O) groups excluding carboxylic acids is 1. The van der Waals surface area contributed by atoms with Crippen LogP contribution in [-0.2, 0) is 14.8 Å². The molecule has 2 aromatic carbocycles. The Bertz CT molecular complexity index is 944. The maximum Gasteiger partial charge on any atom is 0.243 e. The summed E-state index contributed by atoms with van der Waals surface area (Å²) in [5.41, 5.74) is 0.501. The third kappa shape index (κ3) is 3.21. The van der Waals surface area contributed by atoms with Gasteiger partial charge in [-0.2, -0.15) is 4.31 Å². The van der Waals surface area contributed by atoms with Gasteiger partial charge < -0.3 is 9.64 Å². The Balaban J connectivity index is 1.53. The van der Waals surface area contributed by atoms with Gasteiger partial charge in [0.2, 0.25) is 15.9 Å². The fourth-order valence-corrected chi connectivity index (χ4v) is 5.58. The molecule has 0 aromatic heterocycles. The van der Waals surface area contributed by atoms with Gasteiger partial charge in [-0.3, -0.25) is 4.79 Å². The number of rotatable bonds is 4. The second-order valence-corrected chi connectivity index (χ2v) is 9.19. The van der Waals surface area contributed by atoms with Gasteiger partial charge in [0, 0.05) is 37.2 Å². The largest absolute Gasteiger partial charge is 0.497 e.